The number of hydrogen-bond donors (Lipinski definition) is 1. The van der Waals surface area contributed by atoms with Crippen LogP contribution < -0.4 is 5.32 Å². The summed E-state index contributed by atoms with van der Waals surface area (Å²) in [5.74, 6) is 0. The monoisotopic (exact) mass is 280 g/mol. The zero-order chi connectivity index (χ0) is 14.0. The molecule has 1 aliphatic rings. The van der Waals surface area contributed by atoms with Crippen molar-refractivity contribution in [2.45, 2.75) is 64.6 Å². The van der Waals surface area contributed by atoms with Gasteiger partial charge in [0.25, 0.3) is 0 Å². The van der Waals surface area contributed by atoms with Gasteiger partial charge >= 0.3 is 0 Å². The highest BCUT2D eigenvalue weighted by Gasteiger charge is 2.22. The molecular formula is C16H28N2S. The molecular weight excluding hydrogens is 252 g/mol. The second kappa shape index (κ2) is 5.94. The number of nitrogens with one attached hydrogen (secondary N) is 1. The first-order chi connectivity index (χ1) is 8.86. The Bertz CT molecular complexity index is 405. The minimum absolute atomic E-state index is 0.283. The van der Waals surface area contributed by atoms with Gasteiger partial charge in [-0.05, 0) is 50.9 Å². The summed E-state index contributed by atoms with van der Waals surface area (Å²) in [4.78, 5) is 5.42. The van der Waals surface area contributed by atoms with Gasteiger partial charge < -0.3 is 10.2 Å². The Morgan fingerprint density at radius 1 is 1.37 bits per heavy atom. The Hall–Kier alpha value is -0.380. The van der Waals surface area contributed by atoms with Crippen molar-refractivity contribution in [3.05, 3.63) is 21.9 Å². The van der Waals surface area contributed by atoms with Crippen LogP contribution in [0.15, 0.2) is 12.1 Å². The normalized spacial score (nSPS) is 25.7. The molecule has 1 aromatic heterocycles. The van der Waals surface area contributed by atoms with Crippen LogP contribution in [0.2, 0.25) is 0 Å². The van der Waals surface area contributed by atoms with Crippen molar-refractivity contribution in [3.63, 3.8) is 0 Å². The van der Waals surface area contributed by atoms with Crippen LogP contribution >= 0.6 is 11.3 Å². The number of piperidine rings is 1. The van der Waals surface area contributed by atoms with E-state index in [1.165, 1.54) is 29.1 Å². The SMILES string of the molecule is CC1CC(NCc2ccc(C(C)(C)C)s2)CCN1C. The van der Waals surface area contributed by atoms with Crippen LogP contribution in [0, 0.1) is 0 Å². The quantitative estimate of drug-likeness (QED) is 0.910. The van der Waals surface area contributed by atoms with E-state index in [9.17, 15) is 0 Å². The van der Waals surface area contributed by atoms with Crippen LogP contribution in [-0.4, -0.2) is 30.6 Å². The van der Waals surface area contributed by atoms with Crippen LogP contribution in [0.25, 0.3) is 0 Å². The summed E-state index contributed by atoms with van der Waals surface area (Å²) in [7, 11) is 2.23. The minimum atomic E-state index is 0.283. The molecule has 1 fully saturated rings. The molecule has 0 radical (unpaired) electrons. The molecule has 1 N–H and O–H groups in total. The molecule has 0 amide bonds. The molecule has 0 saturated carbocycles. The van der Waals surface area contributed by atoms with E-state index in [4.69, 9.17) is 0 Å². The van der Waals surface area contributed by atoms with E-state index in [2.05, 4.69) is 57.1 Å². The maximum Gasteiger partial charge on any atom is 0.0302 e. The first-order valence-corrected chi connectivity index (χ1v) is 8.20. The molecule has 2 nitrogen and oxygen atoms in total. The maximum absolute atomic E-state index is 3.74. The molecule has 1 aromatic rings. The van der Waals surface area contributed by atoms with Gasteiger partial charge in [0.05, 0.1) is 0 Å². The van der Waals surface area contributed by atoms with Gasteiger partial charge in [-0.1, -0.05) is 20.8 Å². The predicted octanol–water partition coefficient (Wildman–Crippen LogP) is 3.62. The van der Waals surface area contributed by atoms with Crippen LogP contribution in [0.5, 0.6) is 0 Å². The van der Waals surface area contributed by atoms with Gasteiger partial charge in [0.2, 0.25) is 0 Å². The summed E-state index contributed by atoms with van der Waals surface area (Å²) >= 11 is 1.96. The highest BCUT2D eigenvalue weighted by atomic mass is 32.1. The number of thiophene rings is 1. The lowest BCUT2D eigenvalue weighted by atomic mass is 9.95. The zero-order valence-corrected chi connectivity index (χ0v) is 13.8. The fourth-order valence-corrected chi connectivity index (χ4v) is 3.61. The molecule has 19 heavy (non-hydrogen) atoms. The minimum Gasteiger partial charge on any atom is -0.309 e. The summed E-state index contributed by atoms with van der Waals surface area (Å²) in [6, 6.07) is 5.97. The Morgan fingerprint density at radius 2 is 2.11 bits per heavy atom. The van der Waals surface area contributed by atoms with E-state index in [0.717, 1.165) is 6.54 Å². The molecule has 0 bridgehead atoms. The number of rotatable bonds is 3. The van der Waals surface area contributed by atoms with E-state index in [1.54, 1.807) is 0 Å². The third-order valence-corrected chi connectivity index (χ3v) is 5.69. The second-order valence-corrected chi connectivity index (χ2v) is 8.12. The number of hydrogen-bond acceptors (Lipinski definition) is 3. The third-order valence-electron chi connectivity index (χ3n) is 4.17. The molecule has 0 aliphatic carbocycles. The standard InChI is InChI=1S/C16H28N2S/c1-12-10-13(8-9-18(12)5)17-11-14-6-7-15(19-14)16(2,3)4/h6-7,12-13,17H,8-11H2,1-5H3. The van der Waals surface area contributed by atoms with Crippen molar-refractivity contribution >= 4 is 11.3 Å². The molecule has 2 rings (SSSR count). The van der Waals surface area contributed by atoms with Gasteiger partial charge in [-0.2, -0.15) is 0 Å². The summed E-state index contributed by atoms with van der Waals surface area (Å²) < 4.78 is 0. The lowest BCUT2D eigenvalue weighted by Gasteiger charge is -2.35. The van der Waals surface area contributed by atoms with Gasteiger partial charge in [-0.3, -0.25) is 0 Å². The van der Waals surface area contributed by atoms with Crippen molar-refractivity contribution in [1.29, 1.82) is 0 Å². The molecule has 3 heteroatoms. The van der Waals surface area contributed by atoms with Crippen molar-refractivity contribution < 1.29 is 0 Å². The van der Waals surface area contributed by atoms with E-state index >= 15 is 0 Å². The number of nitrogens with zero attached hydrogens (tertiary/aromatic N) is 1. The summed E-state index contributed by atoms with van der Waals surface area (Å²) in [5.41, 5.74) is 0.283. The van der Waals surface area contributed by atoms with Crippen LogP contribution in [0.1, 0.15) is 50.3 Å². The average molecular weight is 280 g/mol. The van der Waals surface area contributed by atoms with E-state index < -0.39 is 0 Å². The summed E-state index contributed by atoms with van der Waals surface area (Å²) in [5, 5.41) is 3.74. The third kappa shape index (κ3) is 4.04. The first kappa shape index (κ1) is 15.0. The van der Waals surface area contributed by atoms with E-state index in [-0.39, 0.29) is 5.41 Å². The van der Waals surface area contributed by atoms with E-state index in [1.807, 2.05) is 11.3 Å². The van der Waals surface area contributed by atoms with Crippen molar-refractivity contribution in [1.82, 2.24) is 10.2 Å². The van der Waals surface area contributed by atoms with Crippen molar-refractivity contribution in [2.75, 3.05) is 13.6 Å². The van der Waals surface area contributed by atoms with Crippen LogP contribution in [0.3, 0.4) is 0 Å². The average Bonchev–Trinajstić information content (AvgIpc) is 2.79. The lowest BCUT2D eigenvalue weighted by Crippen LogP contribution is -2.45. The van der Waals surface area contributed by atoms with E-state index in [0.29, 0.717) is 12.1 Å². The highest BCUT2D eigenvalue weighted by molar-refractivity contribution is 7.12. The van der Waals surface area contributed by atoms with Gasteiger partial charge in [0.15, 0.2) is 0 Å². The molecule has 0 spiro atoms. The summed E-state index contributed by atoms with van der Waals surface area (Å²) in [6.07, 6.45) is 2.55. The van der Waals surface area contributed by atoms with Gasteiger partial charge in [0, 0.05) is 28.4 Å². The van der Waals surface area contributed by atoms with Crippen LogP contribution in [0.4, 0.5) is 0 Å². The molecule has 2 heterocycles. The topological polar surface area (TPSA) is 15.3 Å². The number of likely N-dealkylation sites (tertiary alicyclic amines) is 1. The van der Waals surface area contributed by atoms with Crippen molar-refractivity contribution in [2.24, 2.45) is 0 Å². The fourth-order valence-electron chi connectivity index (χ4n) is 2.60. The van der Waals surface area contributed by atoms with Gasteiger partial charge in [-0.25, -0.2) is 0 Å². The molecule has 2 atom stereocenters. The molecule has 1 saturated heterocycles. The van der Waals surface area contributed by atoms with Gasteiger partial charge in [0.1, 0.15) is 0 Å². The molecule has 0 aromatic carbocycles. The Morgan fingerprint density at radius 3 is 2.68 bits per heavy atom. The Kier molecular flexibility index (Phi) is 4.70. The predicted molar refractivity (Wildman–Crippen MR) is 85.0 cm³/mol. The second-order valence-electron chi connectivity index (χ2n) is 6.95. The van der Waals surface area contributed by atoms with Crippen molar-refractivity contribution in [3.8, 4) is 0 Å². The highest BCUT2D eigenvalue weighted by Crippen LogP contribution is 2.29. The summed E-state index contributed by atoms with van der Waals surface area (Å²) in [6.45, 7) is 11.4. The van der Waals surface area contributed by atoms with Gasteiger partial charge in [-0.15, -0.1) is 11.3 Å². The Balaban J connectivity index is 1.84. The lowest BCUT2D eigenvalue weighted by molar-refractivity contribution is 0.168. The fraction of sp³-hybridized carbons (Fsp3) is 0.750. The zero-order valence-electron chi connectivity index (χ0n) is 13.0. The molecule has 1 aliphatic heterocycles. The maximum atomic E-state index is 3.74. The Labute approximate surface area is 122 Å². The smallest absolute Gasteiger partial charge is 0.0302 e. The molecule has 2 unspecified atom stereocenters. The molecule has 108 valence electrons. The first-order valence-electron chi connectivity index (χ1n) is 7.39. The largest absolute Gasteiger partial charge is 0.309 e. The van der Waals surface area contributed by atoms with Crippen LogP contribution in [-0.2, 0) is 12.0 Å².